The smallest absolute Gasteiger partial charge is 0.367 e. The van der Waals surface area contributed by atoms with Gasteiger partial charge in [0.05, 0.1) is 12.6 Å². The van der Waals surface area contributed by atoms with Crippen LogP contribution in [0, 0.1) is 0 Å². The maximum absolute atomic E-state index is 12.8. The fourth-order valence-electron chi connectivity index (χ4n) is 2.63. The molecule has 2 atom stereocenters. The first-order valence-corrected chi connectivity index (χ1v) is 7.29. The van der Waals surface area contributed by atoms with Crippen molar-refractivity contribution >= 4 is 5.95 Å². The summed E-state index contributed by atoms with van der Waals surface area (Å²) in [5.74, 6) is 0.0795. The molecule has 0 unspecified atom stereocenters. The lowest BCUT2D eigenvalue weighted by Crippen LogP contribution is -2.43. The van der Waals surface area contributed by atoms with E-state index in [1.807, 2.05) is 37.3 Å². The second kappa shape index (κ2) is 6.16. The minimum atomic E-state index is -4.48. The molecule has 0 bridgehead atoms. The highest BCUT2D eigenvalue weighted by Gasteiger charge is 2.34. The third-order valence-corrected chi connectivity index (χ3v) is 3.65. The Hall–Kier alpha value is -2.15. The van der Waals surface area contributed by atoms with Crippen LogP contribution in [0.4, 0.5) is 19.1 Å². The molecule has 1 aromatic heterocycles. The van der Waals surface area contributed by atoms with Crippen LogP contribution in [0.5, 0.6) is 0 Å². The first-order chi connectivity index (χ1) is 10.9. The second-order valence-corrected chi connectivity index (χ2v) is 5.49. The fraction of sp³-hybridized carbons (Fsp3) is 0.375. The molecule has 0 N–H and O–H groups in total. The number of anilines is 1. The molecule has 7 heteroatoms. The number of nitrogens with zero attached hydrogens (tertiary/aromatic N) is 3. The van der Waals surface area contributed by atoms with Crippen molar-refractivity contribution in [2.24, 2.45) is 0 Å². The third-order valence-electron chi connectivity index (χ3n) is 3.65. The molecule has 1 aromatic carbocycles. The molecule has 0 saturated carbocycles. The van der Waals surface area contributed by atoms with Crippen molar-refractivity contribution < 1.29 is 17.9 Å². The zero-order valence-electron chi connectivity index (χ0n) is 12.5. The van der Waals surface area contributed by atoms with Crippen molar-refractivity contribution in [2.45, 2.75) is 25.3 Å². The Morgan fingerprint density at radius 1 is 1.13 bits per heavy atom. The van der Waals surface area contributed by atoms with Gasteiger partial charge < -0.3 is 9.64 Å². The maximum Gasteiger partial charge on any atom is 0.433 e. The zero-order valence-corrected chi connectivity index (χ0v) is 12.5. The van der Waals surface area contributed by atoms with Crippen LogP contribution in [0.3, 0.4) is 0 Å². The third kappa shape index (κ3) is 3.61. The Labute approximate surface area is 131 Å². The van der Waals surface area contributed by atoms with Crippen LogP contribution in [0.25, 0.3) is 0 Å². The van der Waals surface area contributed by atoms with Crippen LogP contribution < -0.4 is 4.90 Å². The van der Waals surface area contributed by atoms with Gasteiger partial charge in [0.2, 0.25) is 5.95 Å². The van der Waals surface area contributed by atoms with E-state index < -0.39 is 11.9 Å². The van der Waals surface area contributed by atoms with E-state index in [1.54, 1.807) is 4.90 Å². The Morgan fingerprint density at radius 3 is 2.57 bits per heavy atom. The Bertz CT molecular complexity index is 663. The van der Waals surface area contributed by atoms with Gasteiger partial charge in [0.15, 0.2) is 0 Å². The second-order valence-electron chi connectivity index (χ2n) is 5.49. The summed E-state index contributed by atoms with van der Waals surface area (Å²) in [6.07, 6.45) is -3.69. The number of morpholine rings is 1. The minimum Gasteiger partial charge on any atom is -0.367 e. The van der Waals surface area contributed by atoms with Gasteiger partial charge >= 0.3 is 6.18 Å². The van der Waals surface area contributed by atoms with Crippen LogP contribution in [-0.2, 0) is 10.9 Å². The van der Waals surface area contributed by atoms with Crippen LogP contribution >= 0.6 is 0 Å². The molecule has 0 radical (unpaired) electrons. The molecule has 2 aromatic rings. The summed E-state index contributed by atoms with van der Waals surface area (Å²) < 4.78 is 44.4. The molecule has 1 fully saturated rings. The van der Waals surface area contributed by atoms with E-state index in [2.05, 4.69) is 9.97 Å². The largest absolute Gasteiger partial charge is 0.433 e. The number of hydrogen-bond donors (Lipinski definition) is 0. The summed E-state index contributed by atoms with van der Waals surface area (Å²) in [7, 11) is 0. The molecule has 1 aliphatic rings. The monoisotopic (exact) mass is 323 g/mol. The summed E-state index contributed by atoms with van der Waals surface area (Å²) in [6, 6.07) is 10.5. The van der Waals surface area contributed by atoms with Gasteiger partial charge in [-0.15, -0.1) is 0 Å². The summed E-state index contributed by atoms with van der Waals surface area (Å²) in [5.41, 5.74) is 0.0499. The van der Waals surface area contributed by atoms with E-state index in [4.69, 9.17) is 4.74 Å². The Balaban J connectivity index is 1.85. The molecular formula is C16H16F3N3O. The van der Waals surface area contributed by atoms with Crippen molar-refractivity contribution in [1.29, 1.82) is 0 Å². The molecule has 2 heterocycles. The first-order valence-electron chi connectivity index (χ1n) is 7.29. The lowest BCUT2D eigenvalue weighted by molar-refractivity contribution is -0.141. The summed E-state index contributed by atoms with van der Waals surface area (Å²) in [4.78, 5) is 9.40. The maximum atomic E-state index is 12.8. The quantitative estimate of drug-likeness (QED) is 0.848. The van der Waals surface area contributed by atoms with Crippen molar-refractivity contribution in [1.82, 2.24) is 9.97 Å². The molecule has 0 spiro atoms. The molecular weight excluding hydrogens is 307 g/mol. The van der Waals surface area contributed by atoms with Gasteiger partial charge in [0, 0.05) is 12.7 Å². The van der Waals surface area contributed by atoms with Gasteiger partial charge in [-0.05, 0) is 18.6 Å². The number of halogens is 3. The highest BCUT2D eigenvalue weighted by molar-refractivity contribution is 5.34. The first kappa shape index (κ1) is 15.7. The number of benzene rings is 1. The summed E-state index contributed by atoms with van der Waals surface area (Å²) in [5, 5.41) is 0. The molecule has 3 rings (SSSR count). The van der Waals surface area contributed by atoms with E-state index in [-0.39, 0.29) is 18.2 Å². The molecule has 1 aliphatic heterocycles. The van der Waals surface area contributed by atoms with Crippen LogP contribution in [0.1, 0.15) is 24.3 Å². The standard InChI is InChI=1S/C16H16F3N3O/c1-11-9-22(10-13(23-11)12-5-3-2-4-6-12)15-20-8-7-14(21-15)16(17,18)19/h2-8,11,13H,9-10H2,1H3/t11-,13-/m0/s1. The van der Waals surface area contributed by atoms with Crippen molar-refractivity contribution in [2.75, 3.05) is 18.0 Å². The molecule has 23 heavy (non-hydrogen) atoms. The van der Waals surface area contributed by atoms with Gasteiger partial charge in [0.1, 0.15) is 11.8 Å². The predicted molar refractivity (Wildman–Crippen MR) is 79.0 cm³/mol. The SMILES string of the molecule is C[C@H]1CN(c2nccc(C(F)(F)F)n2)C[C@@H](c2ccccc2)O1. The van der Waals surface area contributed by atoms with Gasteiger partial charge in [0.25, 0.3) is 0 Å². The van der Waals surface area contributed by atoms with E-state index in [0.717, 1.165) is 17.8 Å². The Kier molecular flexibility index (Phi) is 4.21. The fourth-order valence-corrected chi connectivity index (χ4v) is 2.63. The number of alkyl halides is 3. The minimum absolute atomic E-state index is 0.0795. The van der Waals surface area contributed by atoms with E-state index in [1.165, 1.54) is 0 Å². The van der Waals surface area contributed by atoms with E-state index >= 15 is 0 Å². The van der Waals surface area contributed by atoms with Crippen LogP contribution in [0.15, 0.2) is 42.6 Å². The average molecular weight is 323 g/mol. The summed E-state index contributed by atoms with van der Waals surface area (Å²) >= 11 is 0. The molecule has 4 nitrogen and oxygen atoms in total. The number of hydrogen-bond acceptors (Lipinski definition) is 4. The topological polar surface area (TPSA) is 38.2 Å². The van der Waals surface area contributed by atoms with E-state index in [0.29, 0.717) is 13.1 Å². The molecule has 1 saturated heterocycles. The average Bonchev–Trinajstić information content (AvgIpc) is 2.54. The Morgan fingerprint density at radius 2 is 1.87 bits per heavy atom. The number of aromatic nitrogens is 2. The highest BCUT2D eigenvalue weighted by atomic mass is 19.4. The number of rotatable bonds is 2. The van der Waals surface area contributed by atoms with Crippen molar-refractivity contribution in [3.63, 3.8) is 0 Å². The predicted octanol–water partition coefficient (Wildman–Crippen LogP) is 3.46. The number of ether oxygens (including phenoxy) is 1. The molecule has 0 amide bonds. The van der Waals surface area contributed by atoms with Crippen molar-refractivity contribution in [3.05, 3.63) is 53.9 Å². The zero-order chi connectivity index (χ0) is 16.4. The lowest BCUT2D eigenvalue weighted by Gasteiger charge is -2.37. The normalized spacial score (nSPS) is 22.2. The van der Waals surface area contributed by atoms with Gasteiger partial charge in [-0.2, -0.15) is 13.2 Å². The van der Waals surface area contributed by atoms with Crippen LogP contribution in [-0.4, -0.2) is 29.2 Å². The highest BCUT2D eigenvalue weighted by Crippen LogP contribution is 2.30. The van der Waals surface area contributed by atoms with Crippen molar-refractivity contribution in [3.8, 4) is 0 Å². The summed E-state index contributed by atoms with van der Waals surface area (Å²) in [6.45, 7) is 2.75. The van der Waals surface area contributed by atoms with Gasteiger partial charge in [-0.1, -0.05) is 30.3 Å². The molecule has 0 aliphatic carbocycles. The van der Waals surface area contributed by atoms with Gasteiger partial charge in [-0.3, -0.25) is 0 Å². The lowest BCUT2D eigenvalue weighted by atomic mass is 10.1. The van der Waals surface area contributed by atoms with E-state index in [9.17, 15) is 13.2 Å². The van der Waals surface area contributed by atoms with Gasteiger partial charge in [-0.25, -0.2) is 9.97 Å². The molecule has 122 valence electrons. The van der Waals surface area contributed by atoms with Crippen LogP contribution in [0.2, 0.25) is 0 Å².